The van der Waals surface area contributed by atoms with Gasteiger partial charge >= 0.3 is 12.2 Å². The number of aliphatic hydroxyl groups is 1. The highest BCUT2D eigenvalue weighted by molar-refractivity contribution is 6.67. The fourth-order valence-electron chi connectivity index (χ4n) is 1.97. The molecule has 0 aromatic rings. The summed E-state index contributed by atoms with van der Waals surface area (Å²) in [6.45, 7) is 5.13. The molecule has 0 bridgehead atoms. The molecule has 1 rings (SSSR count). The number of nitrogens with zero attached hydrogens (tertiary/aromatic N) is 2. The summed E-state index contributed by atoms with van der Waals surface area (Å²) in [5.74, 6) is 0. The average Bonchev–Trinajstić information content (AvgIpc) is 2.41. The number of alkyl halides is 3. The number of ether oxygens (including phenoxy) is 2. The molecule has 1 saturated heterocycles. The number of carbonyl (C=O) groups excluding carboxylic acids is 2. The van der Waals surface area contributed by atoms with Crippen LogP contribution < -0.4 is 0 Å². The highest BCUT2D eigenvalue weighted by Crippen LogP contribution is 2.26. The van der Waals surface area contributed by atoms with Gasteiger partial charge in [-0.3, -0.25) is 4.90 Å². The third-order valence-corrected chi connectivity index (χ3v) is 3.27. The minimum atomic E-state index is -1.71. The Morgan fingerprint density at radius 2 is 1.78 bits per heavy atom. The maximum absolute atomic E-state index is 12.0. The molecular formula is C13H21Cl3N2O5. The first-order valence-corrected chi connectivity index (χ1v) is 8.15. The van der Waals surface area contributed by atoms with Crippen LogP contribution in [0.15, 0.2) is 0 Å². The number of carbonyl (C=O) groups is 2. The summed E-state index contributed by atoms with van der Waals surface area (Å²) in [4.78, 5) is 26.8. The smallest absolute Gasteiger partial charge is 0.410 e. The zero-order valence-electron chi connectivity index (χ0n) is 13.2. The van der Waals surface area contributed by atoms with Crippen LogP contribution in [-0.4, -0.2) is 75.4 Å². The Hall–Kier alpha value is -0.630. The molecule has 1 aliphatic rings. The predicted octanol–water partition coefficient (Wildman–Crippen LogP) is 2.41. The van der Waals surface area contributed by atoms with Crippen LogP contribution in [0.1, 0.15) is 20.8 Å². The van der Waals surface area contributed by atoms with Gasteiger partial charge in [-0.25, -0.2) is 9.59 Å². The van der Waals surface area contributed by atoms with Crippen molar-refractivity contribution in [2.75, 3.05) is 32.8 Å². The SMILES string of the molecule is CC(C)(C)OC(=O)N1CCN(C(=O)OCC(Cl)(Cl)Cl)[C@@H](CO)C1. The van der Waals surface area contributed by atoms with E-state index in [0.29, 0.717) is 0 Å². The van der Waals surface area contributed by atoms with E-state index in [2.05, 4.69) is 0 Å². The monoisotopic (exact) mass is 390 g/mol. The molecule has 7 nitrogen and oxygen atoms in total. The van der Waals surface area contributed by atoms with Crippen molar-refractivity contribution in [3.63, 3.8) is 0 Å². The van der Waals surface area contributed by atoms with E-state index in [1.807, 2.05) is 0 Å². The van der Waals surface area contributed by atoms with Crippen LogP contribution in [0.25, 0.3) is 0 Å². The summed E-state index contributed by atoms with van der Waals surface area (Å²) < 4.78 is 8.47. The maximum Gasteiger partial charge on any atom is 0.410 e. The molecule has 10 heteroatoms. The van der Waals surface area contributed by atoms with Crippen LogP contribution in [0.4, 0.5) is 9.59 Å². The number of aliphatic hydroxyl groups excluding tert-OH is 1. The fourth-order valence-corrected chi connectivity index (χ4v) is 2.13. The molecule has 0 radical (unpaired) electrons. The van der Waals surface area contributed by atoms with Crippen LogP contribution in [0.2, 0.25) is 0 Å². The number of rotatable bonds is 2. The third kappa shape index (κ3) is 7.20. The number of piperazine rings is 1. The molecule has 0 aromatic carbocycles. The highest BCUT2D eigenvalue weighted by atomic mass is 35.6. The molecule has 1 heterocycles. The third-order valence-electron chi connectivity index (χ3n) is 2.94. The van der Waals surface area contributed by atoms with Gasteiger partial charge in [-0.15, -0.1) is 0 Å². The summed E-state index contributed by atoms with van der Waals surface area (Å²) in [6, 6.07) is -0.612. The van der Waals surface area contributed by atoms with Crippen molar-refractivity contribution in [1.29, 1.82) is 0 Å². The predicted molar refractivity (Wildman–Crippen MR) is 87.0 cm³/mol. The van der Waals surface area contributed by atoms with Gasteiger partial charge in [0.15, 0.2) is 0 Å². The normalized spacial score (nSPS) is 19.5. The zero-order chi connectivity index (χ0) is 17.8. The van der Waals surface area contributed by atoms with Gasteiger partial charge < -0.3 is 19.5 Å². The Balaban J connectivity index is 2.62. The lowest BCUT2D eigenvalue weighted by Gasteiger charge is -2.40. The molecule has 2 amide bonds. The lowest BCUT2D eigenvalue weighted by molar-refractivity contribution is -0.00558. The summed E-state index contributed by atoms with van der Waals surface area (Å²) in [5, 5.41) is 9.46. The fraction of sp³-hybridized carbons (Fsp3) is 0.846. The van der Waals surface area contributed by atoms with Gasteiger partial charge in [-0.05, 0) is 20.8 Å². The van der Waals surface area contributed by atoms with Crippen LogP contribution in [0, 0.1) is 0 Å². The molecule has 134 valence electrons. The molecule has 1 N–H and O–H groups in total. The molecule has 0 aromatic heterocycles. The first kappa shape index (κ1) is 20.4. The largest absolute Gasteiger partial charge is 0.445 e. The maximum atomic E-state index is 12.0. The lowest BCUT2D eigenvalue weighted by Crippen LogP contribution is -2.58. The summed E-state index contributed by atoms with van der Waals surface area (Å²) in [5.41, 5.74) is -0.619. The number of amides is 2. The molecule has 0 aliphatic carbocycles. The Kier molecular flexibility index (Phi) is 7.07. The van der Waals surface area contributed by atoms with E-state index < -0.39 is 34.2 Å². The van der Waals surface area contributed by atoms with Crippen molar-refractivity contribution < 1.29 is 24.2 Å². The van der Waals surface area contributed by atoms with Gasteiger partial charge in [0.05, 0.1) is 12.6 Å². The van der Waals surface area contributed by atoms with E-state index in [1.54, 1.807) is 20.8 Å². The molecular weight excluding hydrogens is 371 g/mol. The van der Waals surface area contributed by atoms with Crippen LogP contribution >= 0.6 is 34.8 Å². The Morgan fingerprint density at radius 3 is 2.26 bits per heavy atom. The highest BCUT2D eigenvalue weighted by Gasteiger charge is 2.35. The van der Waals surface area contributed by atoms with E-state index >= 15 is 0 Å². The first-order chi connectivity index (χ1) is 10.4. The molecule has 1 atom stereocenters. The Morgan fingerprint density at radius 1 is 1.17 bits per heavy atom. The summed E-state index contributed by atoms with van der Waals surface area (Å²) >= 11 is 16.6. The molecule has 0 saturated carbocycles. The van der Waals surface area contributed by atoms with Crippen LogP contribution in [0.5, 0.6) is 0 Å². The molecule has 1 aliphatic heterocycles. The minimum absolute atomic E-state index is 0.133. The van der Waals surface area contributed by atoms with Crippen molar-refractivity contribution >= 4 is 47.0 Å². The molecule has 1 fully saturated rings. The van der Waals surface area contributed by atoms with Gasteiger partial charge in [0.25, 0.3) is 0 Å². The van der Waals surface area contributed by atoms with Crippen molar-refractivity contribution in [1.82, 2.24) is 9.80 Å². The van der Waals surface area contributed by atoms with E-state index in [4.69, 9.17) is 44.3 Å². The summed E-state index contributed by atoms with van der Waals surface area (Å²) in [6.07, 6.45) is -1.20. The molecule has 0 unspecified atom stereocenters. The standard InChI is InChI=1S/C13H21Cl3N2O5/c1-12(2,3)23-10(20)17-4-5-18(9(6-17)7-19)11(21)22-8-13(14,15)16/h9,19H,4-8H2,1-3H3/t9-/m1/s1. The quantitative estimate of drug-likeness (QED) is 0.731. The molecule has 23 heavy (non-hydrogen) atoms. The van der Waals surface area contributed by atoms with Gasteiger partial charge in [-0.2, -0.15) is 0 Å². The topological polar surface area (TPSA) is 79.3 Å². The zero-order valence-corrected chi connectivity index (χ0v) is 15.5. The average molecular weight is 392 g/mol. The summed E-state index contributed by atoms with van der Waals surface area (Å²) in [7, 11) is 0. The van der Waals surface area contributed by atoms with Crippen molar-refractivity contribution in [3.8, 4) is 0 Å². The second-order valence-electron chi connectivity index (χ2n) is 6.13. The van der Waals surface area contributed by atoms with E-state index in [-0.39, 0.29) is 26.2 Å². The van der Waals surface area contributed by atoms with Crippen molar-refractivity contribution in [2.45, 2.75) is 36.2 Å². The Labute approximate surface area is 150 Å². The van der Waals surface area contributed by atoms with E-state index in [1.165, 1.54) is 9.80 Å². The number of halogens is 3. The van der Waals surface area contributed by atoms with Crippen LogP contribution in [0.3, 0.4) is 0 Å². The van der Waals surface area contributed by atoms with Crippen molar-refractivity contribution in [2.24, 2.45) is 0 Å². The van der Waals surface area contributed by atoms with Crippen LogP contribution in [-0.2, 0) is 9.47 Å². The number of hydrogen-bond donors (Lipinski definition) is 1. The Bertz CT molecular complexity index is 436. The minimum Gasteiger partial charge on any atom is -0.445 e. The second-order valence-corrected chi connectivity index (χ2v) is 8.64. The van der Waals surface area contributed by atoms with Gasteiger partial charge in [0.1, 0.15) is 12.2 Å². The molecule has 0 spiro atoms. The van der Waals surface area contributed by atoms with Crippen molar-refractivity contribution in [3.05, 3.63) is 0 Å². The lowest BCUT2D eigenvalue weighted by atomic mass is 10.2. The second kappa shape index (κ2) is 7.96. The van der Waals surface area contributed by atoms with Gasteiger partial charge in [0, 0.05) is 19.6 Å². The van der Waals surface area contributed by atoms with E-state index in [0.717, 1.165) is 0 Å². The first-order valence-electron chi connectivity index (χ1n) is 7.02. The number of hydrogen-bond acceptors (Lipinski definition) is 5. The van der Waals surface area contributed by atoms with Gasteiger partial charge in [-0.1, -0.05) is 34.8 Å². The van der Waals surface area contributed by atoms with Gasteiger partial charge in [0.2, 0.25) is 3.79 Å². The van der Waals surface area contributed by atoms with E-state index in [9.17, 15) is 14.7 Å².